The number of aromatic nitrogens is 3. The van der Waals surface area contributed by atoms with Crippen LogP contribution in [0.2, 0.25) is 0 Å². The topological polar surface area (TPSA) is 87.7 Å². The normalized spacial score (nSPS) is 17.6. The SMILES string of the molecule is Cc1c(N2CCc3cnc(Nc4ccc(N5CCC(OC(F)(F)F)CC5)cc4)nc3C2)cnc2c1NCCO2. The molecule has 3 aliphatic heterocycles. The number of pyridine rings is 1. The van der Waals surface area contributed by atoms with Crippen LogP contribution in [0.5, 0.6) is 5.88 Å². The molecule has 0 unspecified atom stereocenters. The molecule has 1 aromatic carbocycles. The van der Waals surface area contributed by atoms with Crippen LogP contribution in [0.1, 0.15) is 29.7 Å². The van der Waals surface area contributed by atoms with Gasteiger partial charge in [0.25, 0.3) is 0 Å². The molecule has 6 rings (SSSR count). The van der Waals surface area contributed by atoms with Crippen LogP contribution < -0.4 is 25.2 Å². The minimum atomic E-state index is -4.58. The van der Waals surface area contributed by atoms with E-state index in [9.17, 15) is 13.2 Å². The number of rotatable bonds is 5. The molecule has 0 spiro atoms. The molecule has 9 nitrogen and oxygen atoms in total. The zero-order valence-electron chi connectivity index (χ0n) is 21.6. The van der Waals surface area contributed by atoms with Gasteiger partial charge in [0.1, 0.15) is 12.3 Å². The Kier molecular flexibility index (Phi) is 6.79. The molecule has 39 heavy (non-hydrogen) atoms. The number of hydrogen-bond acceptors (Lipinski definition) is 9. The van der Waals surface area contributed by atoms with Gasteiger partial charge in [-0.3, -0.25) is 4.74 Å². The van der Waals surface area contributed by atoms with E-state index in [0.717, 1.165) is 59.1 Å². The Bertz CT molecular complexity index is 1330. The van der Waals surface area contributed by atoms with Crippen molar-refractivity contribution in [1.29, 1.82) is 0 Å². The van der Waals surface area contributed by atoms with Crippen LogP contribution in [0.15, 0.2) is 36.7 Å². The zero-order chi connectivity index (χ0) is 27.0. The van der Waals surface area contributed by atoms with Crippen molar-refractivity contribution in [2.75, 3.05) is 53.2 Å². The van der Waals surface area contributed by atoms with Crippen molar-refractivity contribution < 1.29 is 22.6 Å². The summed E-state index contributed by atoms with van der Waals surface area (Å²) in [5.74, 6) is 1.17. The second-order valence-corrected chi connectivity index (χ2v) is 9.98. The fraction of sp³-hybridized carbons (Fsp3) is 0.444. The van der Waals surface area contributed by atoms with Crippen LogP contribution >= 0.6 is 0 Å². The van der Waals surface area contributed by atoms with Crippen molar-refractivity contribution in [3.63, 3.8) is 0 Å². The van der Waals surface area contributed by atoms with E-state index in [2.05, 4.69) is 42.1 Å². The van der Waals surface area contributed by atoms with Crippen LogP contribution in [-0.4, -0.2) is 60.2 Å². The Labute approximate surface area is 224 Å². The summed E-state index contributed by atoms with van der Waals surface area (Å²) in [5, 5.41) is 6.68. The van der Waals surface area contributed by atoms with Gasteiger partial charge in [-0.2, -0.15) is 0 Å². The van der Waals surface area contributed by atoms with Crippen LogP contribution in [0.25, 0.3) is 0 Å². The third-order valence-electron chi connectivity index (χ3n) is 7.44. The molecule has 1 saturated heterocycles. The molecule has 206 valence electrons. The number of ether oxygens (including phenoxy) is 2. The van der Waals surface area contributed by atoms with E-state index in [1.165, 1.54) is 0 Å². The average molecular weight is 542 g/mol. The maximum Gasteiger partial charge on any atom is 0.522 e. The molecular weight excluding hydrogens is 511 g/mol. The number of hydrogen-bond donors (Lipinski definition) is 2. The van der Waals surface area contributed by atoms with Crippen molar-refractivity contribution in [3.05, 3.63) is 53.5 Å². The van der Waals surface area contributed by atoms with E-state index in [1.54, 1.807) is 0 Å². The molecule has 0 bridgehead atoms. The van der Waals surface area contributed by atoms with Gasteiger partial charge in [0.05, 0.1) is 30.2 Å². The van der Waals surface area contributed by atoms with Crippen LogP contribution in [0, 0.1) is 6.92 Å². The van der Waals surface area contributed by atoms with Crippen LogP contribution in [-0.2, 0) is 17.7 Å². The van der Waals surface area contributed by atoms with Gasteiger partial charge in [0.15, 0.2) is 0 Å². The fourth-order valence-electron chi connectivity index (χ4n) is 5.40. The molecule has 12 heteroatoms. The van der Waals surface area contributed by atoms with Gasteiger partial charge in [0, 0.05) is 49.3 Å². The number of nitrogens with one attached hydrogen (secondary N) is 2. The predicted molar refractivity (Wildman–Crippen MR) is 142 cm³/mol. The summed E-state index contributed by atoms with van der Waals surface area (Å²) in [4.78, 5) is 18.2. The summed E-state index contributed by atoms with van der Waals surface area (Å²) >= 11 is 0. The fourth-order valence-corrected chi connectivity index (χ4v) is 5.40. The minimum absolute atomic E-state index is 0.338. The molecule has 0 saturated carbocycles. The first-order valence-electron chi connectivity index (χ1n) is 13.1. The first-order chi connectivity index (χ1) is 18.8. The zero-order valence-corrected chi connectivity index (χ0v) is 21.6. The molecule has 0 atom stereocenters. The summed E-state index contributed by atoms with van der Waals surface area (Å²) in [7, 11) is 0. The first-order valence-corrected chi connectivity index (χ1v) is 13.1. The predicted octanol–water partition coefficient (Wildman–Crippen LogP) is 4.80. The Morgan fingerprint density at radius 1 is 1.05 bits per heavy atom. The smallest absolute Gasteiger partial charge is 0.474 e. The van der Waals surface area contributed by atoms with E-state index in [4.69, 9.17) is 9.72 Å². The number of fused-ring (bicyclic) bond motifs is 2. The largest absolute Gasteiger partial charge is 0.522 e. The Hall–Kier alpha value is -3.80. The van der Waals surface area contributed by atoms with E-state index < -0.39 is 12.5 Å². The van der Waals surface area contributed by atoms with Gasteiger partial charge in [-0.1, -0.05) is 0 Å². The molecule has 2 aromatic heterocycles. The first kappa shape index (κ1) is 25.5. The van der Waals surface area contributed by atoms with Crippen molar-refractivity contribution in [2.24, 2.45) is 0 Å². The average Bonchev–Trinajstić information content (AvgIpc) is 2.93. The lowest BCUT2D eigenvalue weighted by atomic mass is 10.0. The molecule has 5 heterocycles. The number of alkyl halides is 3. The maximum atomic E-state index is 12.5. The van der Waals surface area contributed by atoms with E-state index in [1.807, 2.05) is 36.7 Å². The molecular formula is C27H30F3N7O2. The number of nitrogens with zero attached hydrogens (tertiary/aromatic N) is 5. The monoisotopic (exact) mass is 541 g/mol. The summed E-state index contributed by atoms with van der Waals surface area (Å²) in [6.45, 7) is 6.00. The Balaban J connectivity index is 1.10. The Morgan fingerprint density at radius 3 is 2.62 bits per heavy atom. The molecule has 3 aromatic rings. The van der Waals surface area contributed by atoms with Crippen LogP contribution in [0.3, 0.4) is 0 Å². The van der Waals surface area contributed by atoms with Crippen molar-refractivity contribution in [2.45, 2.75) is 45.2 Å². The maximum absolute atomic E-state index is 12.5. The quantitative estimate of drug-likeness (QED) is 0.473. The summed E-state index contributed by atoms with van der Waals surface area (Å²) < 4.78 is 47.3. The molecule has 3 aliphatic rings. The molecule has 0 aliphatic carbocycles. The number of anilines is 5. The second kappa shape index (κ2) is 10.4. The third-order valence-corrected chi connectivity index (χ3v) is 7.44. The highest BCUT2D eigenvalue weighted by molar-refractivity contribution is 5.70. The van der Waals surface area contributed by atoms with E-state index in [-0.39, 0.29) is 0 Å². The van der Waals surface area contributed by atoms with E-state index >= 15 is 0 Å². The summed E-state index contributed by atoms with van der Waals surface area (Å²) in [6.07, 6.45) is -0.0826. The molecule has 0 radical (unpaired) electrons. The summed E-state index contributed by atoms with van der Waals surface area (Å²) in [6, 6.07) is 7.77. The van der Waals surface area contributed by atoms with Gasteiger partial charge < -0.3 is 25.2 Å². The number of piperidine rings is 1. The van der Waals surface area contributed by atoms with Crippen LogP contribution in [0.4, 0.5) is 41.9 Å². The van der Waals surface area contributed by atoms with E-state index in [0.29, 0.717) is 50.9 Å². The standard InChI is InChI=1S/C27H30F3N7O2/c1-17-23(15-32-25-24(17)31-9-13-38-25)37-10-6-18-14-33-26(35-22(18)16-37)34-19-2-4-20(5-3-19)36-11-7-21(8-12-36)39-27(28,29)30/h2-5,14-15,21,31H,6-13,16H2,1H3,(H,33,34,35). The minimum Gasteiger partial charge on any atom is -0.474 e. The highest BCUT2D eigenvalue weighted by atomic mass is 19.4. The molecule has 1 fully saturated rings. The second-order valence-electron chi connectivity index (χ2n) is 9.98. The highest BCUT2D eigenvalue weighted by Crippen LogP contribution is 2.36. The van der Waals surface area contributed by atoms with Gasteiger partial charge in [-0.25, -0.2) is 15.0 Å². The summed E-state index contributed by atoms with van der Waals surface area (Å²) in [5.41, 5.74) is 7.04. The molecule has 0 amide bonds. The van der Waals surface area contributed by atoms with Gasteiger partial charge >= 0.3 is 6.36 Å². The third kappa shape index (κ3) is 5.65. The van der Waals surface area contributed by atoms with Crippen molar-refractivity contribution >= 4 is 28.7 Å². The highest BCUT2D eigenvalue weighted by Gasteiger charge is 2.35. The lowest BCUT2D eigenvalue weighted by Crippen LogP contribution is -2.39. The Morgan fingerprint density at radius 2 is 1.85 bits per heavy atom. The lowest BCUT2D eigenvalue weighted by molar-refractivity contribution is -0.344. The van der Waals surface area contributed by atoms with Crippen molar-refractivity contribution in [1.82, 2.24) is 15.0 Å². The lowest BCUT2D eigenvalue weighted by Gasteiger charge is -2.33. The number of halogens is 3. The molecule has 2 N–H and O–H groups in total. The van der Waals surface area contributed by atoms with Gasteiger partial charge in [-0.15, -0.1) is 13.2 Å². The number of benzene rings is 1. The van der Waals surface area contributed by atoms with Gasteiger partial charge in [-0.05, 0) is 56.0 Å². The van der Waals surface area contributed by atoms with Crippen molar-refractivity contribution in [3.8, 4) is 5.88 Å². The van der Waals surface area contributed by atoms with Gasteiger partial charge in [0.2, 0.25) is 11.8 Å².